The molecule has 6 nitrogen and oxygen atoms in total. The van der Waals surface area contributed by atoms with Gasteiger partial charge >= 0.3 is 0 Å². The zero-order valence-corrected chi connectivity index (χ0v) is 12.9. The number of hydrogen-bond acceptors (Lipinski definition) is 4. The summed E-state index contributed by atoms with van der Waals surface area (Å²) in [5.41, 5.74) is 0. The SMILES string of the molecule is CC(=O)N(CCCN(C)C)CCC(=O)N1CCOCC1. The van der Waals surface area contributed by atoms with Gasteiger partial charge in [0.1, 0.15) is 0 Å². The number of ether oxygens (including phenoxy) is 1. The van der Waals surface area contributed by atoms with Crippen LogP contribution in [-0.2, 0) is 14.3 Å². The predicted molar refractivity (Wildman–Crippen MR) is 77.4 cm³/mol. The number of amides is 2. The Morgan fingerprint density at radius 3 is 2.30 bits per heavy atom. The average Bonchev–Trinajstić information content (AvgIpc) is 2.42. The Labute approximate surface area is 121 Å². The summed E-state index contributed by atoms with van der Waals surface area (Å²) in [5.74, 6) is 0.158. The molecule has 0 radical (unpaired) electrons. The molecular weight excluding hydrogens is 258 g/mol. The molecular formula is C14H27N3O3. The molecule has 1 rings (SSSR count). The Bertz CT molecular complexity index is 315. The lowest BCUT2D eigenvalue weighted by atomic mass is 10.3. The predicted octanol–water partition coefficient (Wildman–Crippen LogP) is 0.0355. The standard InChI is InChI=1S/C14H27N3O3/c1-13(18)16(7-4-6-15(2)3)8-5-14(19)17-9-11-20-12-10-17/h4-12H2,1-3H3. The van der Waals surface area contributed by atoms with Crippen LogP contribution in [0.25, 0.3) is 0 Å². The van der Waals surface area contributed by atoms with Gasteiger partial charge in [0, 0.05) is 39.5 Å². The van der Waals surface area contributed by atoms with Gasteiger partial charge in [0.15, 0.2) is 0 Å². The van der Waals surface area contributed by atoms with E-state index in [0.717, 1.165) is 13.0 Å². The Morgan fingerprint density at radius 1 is 1.10 bits per heavy atom. The van der Waals surface area contributed by atoms with E-state index < -0.39 is 0 Å². The molecule has 2 amide bonds. The lowest BCUT2D eigenvalue weighted by Crippen LogP contribution is -2.42. The highest BCUT2D eigenvalue weighted by molar-refractivity contribution is 5.78. The first kappa shape index (κ1) is 16.9. The maximum atomic E-state index is 12.0. The van der Waals surface area contributed by atoms with Crippen molar-refractivity contribution < 1.29 is 14.3 Å². The van der Waals surface area contributed by atoms with Gasteiger partial charge in [-0.05, 0) is 27.1 Å². The van der Waals surface area contributed by atoms with Crippen molar-refractivity contribution in [3.05, 3.63) is 0 Å². The summed E-state index contributed by atoms with van der Waals surface area (Å²) in [4.78, 5) is 29.3. The second-order valence-corrected chi connectivity index (χ2v) is 5.41. The molecule has 0 aromatic carbocycles. The third-order valence-electron chi connectivity index (χ3n) is 3.44. The number of carbonyl (C=O) groups excluding carboxylic acids is 2. The molecule has 1 heterocycles. The lowest BCUT2D eigenvalue weighted by Gasteiger charge is -2.28. The summed E-state index contributed by atoms with van der Waals surface area (Å²) in [6.07, 6.45) is 1.33. The zero-order valence-electron chi connectivity index (χ0n) is 12.9. The highest BCUT2D eigenvalue weighted by Crippen LogP contribution is 2.03. The van der Waals surface area contributed by atoms with Gasteiger partial charge in [0.2, 0.25) is 11.8 Å². The molecule has 0 aliphatic carbocycles. The number of nitrogens with zero attached hydrogens (tertiary/aromatic N) is 3. The molecule has 0 unspecified atom stereocenters. The molecule has 1 aliphatic heterocycles. The summed E-state index contributed by atoms with van der Waals surface area (Å²) in [6.45, 7) is 6.30. The topological polar surface area (TPSA) is 53.1 Å². The van der Waals surface area contributed by atoms with E-state index in [1.807, 2.05) is 19.0 Å². The van der Waals surface area contributed by atoms with Gasteiger partial charge in [-0.2, -0.15) is 0 Å². The van der Waals surface area contributed by atoms with E-state index >= 15 is 0 Å². The van der Waals surface area contributed by atoms with Crippen LogP contribution in [0.2, 0.25) is 0 Å². The van der Waals surface area contributed by atoms with Crippen LogP contribution in [0.1, 0.15) is 19.8 Å². The molecule has 6 heteroatoms. The number of hydrogen-bond donors (Lipinski definition) is 0. The molecule has 1 saturated heterocycles. The smallest absolute Gasteiger partial charge is 0.224 e. The number of carbonyl (C=O) groups is 2. The van der Waals surface area contributed by atoms with Crippen molar-refractivity contribution in [2.24, 2.45) is 0 Å². The second kappa shape index (κ2) is 8.92. The van der Waals surface area contributed by atoms with E-state index in [9.17, 15) is 9.59 Å². The van der Waals surface area contributed by atoms with Gasteiger partial charge in [-0.15, -0.1) is 0 Å². The lowest BCUT2D eigenvalue weighted by molar-refractivity contribution is -0.136. The van der Waals surface area contributed by atoms with Gasteiger partial charge in [-0.3, -0.25) is 9.59 Å². The van der Waals surface area contributed by atoms with Gasteiger partial charge in [0.25, 0.3) is 0 Å². The molecule has 0 bridgehead atoms. The quantitative estimate of drug-likeness (QED) is 0.662. The number of rotatable bonds is 7. The highest BCUT2D eigenvalue weighted by Gasteiger charge is 2.18. The molecule has 0 aromatic rings. The van der Waals surface area contributed by atoms with E-state index in [2.05, 4.69) is 4.90 Å². The van der Waals surface area contributed by atoms with E-state index in [1.165, 1.54) is 0 Å². The minimum Gasteiger partial charge on any atom is -0.378 e. The van der Waals surface area contributed by atoms with E-state index in [4.69, 9.17) is 4.74 Å². The van der Waals surface area contributed by atoms with Gasteiger partial charge < -0.3 is 19.4 Å². The molecule has 1 aliphatic rings. The number of morpholine rings is 1. The molecule has 20 heavy (non-hydrogen) atoms. The third-order valence-corrected chi connectivity index (χ3v) is 3.44. The Hall–Kier alpha value is -1.14. The zero-order chi connectivity index (χ0) is 15.0. The maximum Gasteiger partial charge on any atom is 0.224 e. The first-order valence-corrected chi connectivity index (χ1v) is 7.26. The van der Waals surface area contributed by atoms with Crippen LogP contribution in [0.4, 0.5) is 0 Å². The monoisotopic (exact) mass is 285 g/mol. The molecule has 0 aromatic heterocycles. The first-order valence-electron chi connectivity index (χ1n) is 7.26. The Balaban J connectivity index is 2.30. The highest BCUT2D eigenvalue weighted by atomic mass is 16.5. The van der Waals surface area contributed by atoms with Crippen molar-refractivity contribution in [2.75, 3.05) is 60.0 Å². The van der Waals surface area contributed by atoms with Crippen LogP contribution in [0.3, 0.4) is 0 Å². The van der Waals surface area contributed by atoms with Crippen molar-refractivity contribution in [2.45, 2.75) is 19.8 Å². The van der Waals surface area contributed by atoms with Crippen molar-refractivity contribution in [3.8, 4) is 0 Å². The van der Waals surface area contributed by atoms with E-state index in [1.54, 1.807) is 11.8 Å². The van der Waals surface area contributed by atoms with Gasteiger partial charge in [-0.1, -0.05) is 0 Å². The van der Waals surface area contributed by atoms with Crippen LogP contribution in [0.15, 0.2) is 0 Å². The average molecular weight is 285 g/mol. The Morgan fingerprint density at radius 2 is 1.75 bits per heavy atom. The maximum absolute atomic E-state index is 12.0. The molecule has 0 atom stereocenters. The normalized spacial score (nSPS) is 15.5. The van der Waals surface area contributed by atoms with Crippen LogP contribution >= 0.6 is 0 Å². The minimum absolute atomic E-state index is 0.0403. The fraction of sp³-hybridized carbons (Fsp3) is 0.857. The fourth-order valence-corrected chi connectivity index (χ4v) is 2.21. The van der Waals surface area contributed by atoms with Crippen molar-refractivity contribution in [1.82, 2.24) is 14.7 Å². The molecule has 0 spiro atoms. The summed E-state index contributed by atoms with van der Waals surface area (Å²) in [5, 5.41) is 0. The Kier molecular flexibility index (Phi) is 7.54. The fourth-order valence-electron chi connectivity index (χ4n) is 2.21. The van der Waals surface area contributed by atoms with Crippen LogP contribution in [0, 0.1) is 0 Å². The van der Waals surface area contributed by atoms with Crippen LogP contribution in [-0.4, -0.2) is 86.5 Å². The first-order chi connectivity index (χ1) is 9.50. The summed E-state index contributed by atoms with van der Waals surface area (Å²) in [7, 11) is 4.03. The summed E-state index contributed by atoms with van der Waals surface area (Å²) < 4.78 is 5.23. The van der Waals surface area contributed by atoms with Crippen molar-refractivity contribution >= 4 is 11.8 Å². The summed E-state index contributed by atoms with van der Waals surface area (Å²) >= 11 is 0. The third kappa shape index (κ3) is 6.34. The largest absolute Gasteiger partial charge is 0.378 e. The second-order valence-electron chi connectivity index (χ2n) is 5.41. The van der Waals surface area contributed by atoms with Crippen LogP contribution in [0.5, 0.6) is 0 Å². The van der Waals surface area contributed by atoms with E-state index in [-0.39, 0.29) is 11.8 Å². The molecule has 0 saturated carbocycles. The van der Waals surface area contributed by atoms with Gasteiger partial charge in [0.05, 0.1) is 13.2 Å². The molecule has 1 fully saturated rings. The molecule has 116 valence electrons. The summed E-state index contributed by atoms with van der Waals surface area (Å²) in [6, 6.07) is 0. The molecule has 0 N–H and O–H groups in total. The van der Waals surface area contributed by atoms with Gasteiger partial charge in [-0.25, -0.2) is 0 Å². The van der Waals surface area contributed by atoms with E-state index in [0.29, 0.717) is 45.8 Å². The van der Waals surface area contributed by atoms with Crippen molar-refractivity contribution in [3.63, 3.8) is 0 Å². The van der Waals surface area contributed by atoms with Crippen molar-refractivity contribution in [1.29, 1.82) is 0 Å². The van der Waals surface area contributed by atoms with Crippen LogP contribution < -0.4 is 0 Å². The minimum atomic E-state index is 0.0403.